The third-order valence-corrected chi connectivity index (χ3v) is 5.08. The summed E-state index contributed by atoms with van der Waals surface area (Å²) in [5.41, 5.74) is -0.809. The van der Waals surface area contributed by atoms with Crippen molar-refractivity contribution in [1.82, 2.24) is 19.4 Å². The summed E-state index contributed by atoms with van der Waals surface area (Å²) in [6.07, 6.45) is -11.8. The summed E-state index contributed by atoms with van der Waals surface area (Å²) in [5, 5.41) is 13.2. The van der Waals surface area contributed by atoms with E-state index in [9.17, 15) is 30.7 Å². The molecule has 166 valence electrons. The van der Waals surface area contributed by atoms with Gasteiger partial charge in [-0.25, -0.2) is 13.4 Å². The molecule has 30 heavy (non-hydrogen) atoms. The number of benzene rings is 1. The molecule has 0 amide bonds. The van der Waals surface area contributed by atoms with Gasteiger partial charge < -0.3 is 0 Å². The van der Waals surface area contributed by atoms with Gasteiger partial charge in [-0.3, -0.25) is 10.7 Å². The fraction of sp³-hybridized carbons (Fsp3) is 0.412. The van der Waals surface area contributed by atoms with Crippen LogP contribution in [0.4, 0.5) is 30.7 Å². The molecule has 0 spiro atoms. The second-order valence-electron chi connectivity index (χ2n) is 6.05. The van der Waals surface area contributed by atoms with E-state index in [2.05, 4.69) is 5.10 Å². The molecule has 5 nitrogen and oxygen atoms in total. The molecule has 1 heterocycles. The zero-order valence-corrected chi connectivity index (χ0v) is 16.5. The van der Waals surface area contributed by atoms with Crippen molar-refractivity contribution in [3.8, 4) is 0 Å². The van der Waals surface area contributed by atoms with E-state index in [0.29, 0.717) is 16.6 Å². The van der Waals surface area contributed by atoms with Crippen LogP contribution >= 0.6 is 11.9 Å². The molecule has 2 atom stereocenters. The highest BCUT2D eigenvalue weighted by Gasteiger charge is 2.45. The van der Waals surface area contributed by atoms with E-state index >= 15 is 0 Å². The van der Waals surface area contributed by atoms with E-state index < -0.39 is 35.9 Å². The number of alkyl halides is 6. The molecule has 0 saturated heterocycles. The lowest BCUT2D eigenvalue weighted by Gasteiger charge is -2.31. The van der Waals surface area contributed by atoms with Crippen molar-refractivity contribution in [2.24, 2.45) is 0 Å². The minimum atomic E-state index is -4.78. The van der Waals surface area contributed by atoms with Crippen molar-refractivity contribution in [2.45, 2.75) is 36.5 Å². The smallest absolute Gasteiger partial charge is 0.291 e. The van der Waals surface area contributed by atoms with Crippen LogP contribution in [0.5, 0.6) is 0 Å². The summed E-state index contributed by atoms with van der Waals surface area (Å²) in [5.74, 6) is -0.700. The van der Waals surface area contributed by atoms with Gasteiger partial charge in [0.2, 0.25) is 6.17 Å². The second-order valence-corrected chi connectivity index (χ2v) is 7.12. The Morgan fingerprint density at radius 1 is 1.07 bits per heavy atom. The summed E-state index contributed by atoms with van der Waals surface area (Å²) in [6.45, 7) is 1.29. The molecule has 2 aromatic rings. The lowest BCUT2D eigenvalue weighted by Crippen LogP contribution is -2.43. The van der Waals surface area contributed by atoms with Gasteiger partial charge in [0.1, 0.15) is 22.4 Å². The molecule has 0 aliphatic heterocycles. The van der Waals surface area contributed by atoms with Crippen molar-refractivity contribution in [1.29, 1.82) is 5.41 Å². The molecule has 2 N–H and O–H groups in total. The number of aromatic nitrogens is 2. The van der Waals surface area contributed by atoms with Gasteiger partial charge in [-0.15, -0.1) is 0 Å². The van der Waals surface area contributed by atoms with Gasteiger partial charge >= 0.3 is 12.4 Å². The molecule has 1 unspecified atom stereocenters. The van der Waals surface area contributed by atoms with Crippen molar-refractivity contribution >= 4 is 11.9 Å². The van der Waals surface area contributed by atoms with Crippen molar-refractivity contribution in [3.63, 3.8) is 0 Å². The van der Waals surface area contributed by atoms with Gasteiger partial charge in [-0.1, -0.05) is 19.1 Å². The maximum absolute atomic E-state index is 13.8. The molecule has 0 fully saturated rings. The maximum Gasteiger partial charge on any atom is 0.424 e. The lowest BCUT2D eigenvalue weighted by molar-refractivity contribution is -0.178. The standard InChI is InChI=1S/C17H18F7N5S/c1-3-28(14(16(19,20)21)10-4-6-11(18)7-5-10)30-13-9-8-12(25)29(27-13)15(26-2)17(22,23)24/h4-9,14-15,25-26H,3H2,1-2H3/t14-,15?/m1/s1. The molecule has 1 aromatic carbocycles. The quantitative estimate of drug-likeness (QED) is 0.478. The molecule has 0 aliphatic carbocycles. The average molecular weight is 457 g/mol. The van der Waals surface area contributed by atoms with Crippen LogP contribution in [-0.4, -0.2) is 40.0 Å². The van der Waals surface area contributed by atoms with E-state index in [1.807, 2.05) is 5.32 Å². The summed E-state index contributed by atoms with van der Waals surface area (Å²) in [7, 11) is 1.03. The zero-order chi connectivity index (χ0) is 22.7. The van der Waals surface area contributed by atoms with Gasteiger partial charge in [0.25, 0.3) is 0 Å². The monoisotopic (exact) mass is 457 g/mol. The summed E-state index contributed by atoms with van der Waals surface area (Å²) >= 11 is 0.493. The van der Waals surface area contributed by atoms with E-state index in [-0.39, 0.29) is 17.1 Å². The van der Waals surface area contributed by atoms with Crippen molar-refractivity contribution in [3.05, 3.63) is 53.3 Å². The number of nitrogens with zero attached hydrogens (tertiary/aromatic N) is 3. The highest BCUT2D eigenvalue weighted by atomic mass is 32.2. The Bertz CT molecular complexity index is 895. The molecule has 2 rings (SSSR count). The Morgan fingerprint density at radius 3 is 2.13 bits per heavy atom. The SMILES string of the molecule is CCN(Sc1ccc(=N)n(C(NC)C(F)(F)F)n1)[C@H](c1ccc(F)cc1)C(F)(F)F. The highest BCUT2D eigenvalue weighted by Crippen LogP contribution is 2.42. The highest BCUT2D eigenvalue weighted by molar-refractivity contribution is 7.97. The van der Waals surface area contributed by atoms with Crippen LogP contribution in [-0.2, 0) is 0 Å². The topological polar surface area (TPSA) is 56.9 Å². The maximum atomic E-state index is 13.8. The van der Waals surface area contributed by atoms with Crippen molar-refractivity contribution in [2.75, 3.05) is 13.6 Å². The van der Waals surface area contributed by atoms with Gasteiger partial charge in [0, 0.05) is 6.54 Å². The number of rotatable bonds is 7. The average Bonchev–Trinajstić information content (AvgIpc) is 2.63. The number of nitrogens with one attached hydrogen (secondary N) is 2. The third kappa shape index (κ3) is 5.73. The molecular formula is C17H18F7N5S. The van der Waals surface area contributed by atoms with Crippen LogP contribution < -0.4 is 10.8 Å². The normalized spacial score (nSPS) is 14.7. The van der Waals surface area contributed by atoms with Crippen LogP contribution in [0.15, 0.2) is 41.4 Å². The van der Waals surface area contributed by atoms with Crippen LogP contribution in [0.1, 0.15) is 24.7 Å². The van der Waals surface area contributed by atoms with Crippen LogP contribution in [0.3, 0.4) is 0 Å². The first-order valence-corrected chi connectivity index (χ1v) is 9.31. The molecule has 0 radical (unpaired) electrons. The second kappa shape index (κ2) is 9.35. The molecule has 13 heteroatoms. The van der Waals surface area contributed by atoms with Gasteiger partial charge in [-0.2, -0.15) is 31.4 Å². The predicted molar refractivity (Wildman–Crippen MR) is 95.7 cm³/mol. The van der Waals surface area contributed by atoms with Gasteiger partial charge in [-0.05, 0) is 48.8 Å². The number of halogens is 7. The van der Waals surface area contributed by atoms with E-state index in [1.165, 1.54) is 6.92 Å². The fourth-order valence-corrected chi connectivity index (χ4v) is 3.64. The van der Waals surface area contributed by atoms with Crippen LogP contribution in [0.2, 0.25) is 0 Å². The minimum Gasteiger partial charge on any atom is -0.291 e. The molecule has 0 aliphatic rings. The molecule has 1 aromatic heterocycles. The summed E-state index contributed by atoms with van der Waals surface area (Å²) in [6, 6.07) is 3.81. The first-order chi connectivity index (χ1) is 13.9. The van der Waals surface area contributed by atoms with E-state index in [0.717, 1.165) is 47.8 Å². The lowest BCUT2D eigenvalue weighted by atomic mass is 10.1. The minimum absolute atomic E-state index is 0.148. The van der Waals surface area contributed by atoms with Crippen molar-refractivity contribution < 1.29 is 30.7 Å². The third-order valence-electron chi connectivity index (χ3n) is 3.97. The van der Waals surface area contributed by atoms with E-state index in [1.54, 1.807) is 0 Å². The Kier molecular flexibility index (Phi) is 7.53. The van der Waals surface area contributed by atoms with Gasteiger partial charge in [0.15, 0.2) is 0 Å². The number of hydrogen-bond donors (Lipinski definition) is 2. The zero-order valence-electron chi connectivity index (χ0n) is 15.7. The van der Waals surface area contributed by atoms with Crippen LogP contribution in [0.25, 0.3) is 0 Å². The number of hydrogen-bond acceptors (Lipinski definition) is 5. The Balaban J connectivity index is 2.43. The van der Waals surface area contributed by atoms with E-state index in [4.69, 9.17) is 5.41 Å². The Hall–Kier alpha value is -2.12. The summed E-state index contributed by atoms with van der Waals surface area (Å²) in [4.78, 5) is 0. The Labute approximate surface area is 171 Å². The first-order valence-electron chi connectivity index (χ1n) is 8.53. The molecule has 0 bridgehead atoms. The predicted octanol–water partition coefficient (Wildman–Crippen LogP) is 4.41. The molecule has 0 saturated carbocycles. The first kappa shape index (κ1) is 24.2. The fourth-order valence-electron chi connectivity index (χ4n) is 2.67. The van der Waals surface area contributed by atoms with Crippen LogP contribution in [0, 0.1) is 11.2 Å². The molecular weight excluding hydrogens is 439 g/mol. The van der Waals surface area contributed by atoms with Gasteiger partial charge in [0.05, 0.1) is 0 Å². The summed E-state index contributed by atoms with van der Waals surface area (Å²) < 4.78 is 95.2. The Morgan fingerprint density at radius 2 is 1.67 bits per heavy atom. The largest absolute Gasteiger partial charge is 0.424 e.